The van der Waals surface area contributed by atoms with Gasteiger partial charge in [0.1, 0.15) is 11.8 Å². The van der Waals surface area contributed by atoms with Gasteiger partial charge in [0.25, 0.3) is 5.91 Å². The summed E-state index contributed by atoms with van der Waals surface area (Å²) < 4.78 is 6.43. The zero-order chi connectivity index (χ0) is 18.3. The highest BCUT2D eigenvalue weighted by atomic mass is 79.9. The van der Waals surface area contributed by atoms with Gasteiger partial charge in [0.2, 0.25) is 0 Å². The van der Waals surface area contributed by atoms with E-state index in [-0.39, 0.29) is 23.4 Å². The predicted octanol–water partition coefficient (Wildman–Crippen LogP) is 2.05. The zero-order valence-corrected chi connectivity index (χ0v) is 16.1. The lowest BCUT2D eigenvalue weighted by Crippen LogP contribution is -2.39. The van der Waals surface area contributed by atoms with E-state index in [4.69, 9.17) is 4.74 Å². The number of cyclic esters (lactones) is 1. The maximum atomic E-state index is 12.6. The van der Waals surface area contributed by atoms with Gasteiger partial charge in [0, 0.05) is 16.3 Å². The van der Waals surface area contributed by atoms with Crippen LogP contribution in [0.1, 0.15) is 35.3 Å². The maximum absolute atomic E-state index is 12.6. The number of rotatable bonds is 3. The molecule has 2 fully saturated rings. The van der Waals surface area contributed by atoms with Crippen LogP contribution in [0.2, 0.25) is 0 Å². The molecule has 1 aromatic carbocycles. The number of esters is 1. The van der Waals surface area contributed by atoms with Gasteiger partial charge in [-0.2, -0.15) is 5.10 Å². The summed E-state index contributed by atoms with van der Waals surface area (Å²) in [5.74, 6) is -0.364. The first kappa shape index (κ1) is 17.5. The summed E-state index contributed by atoms with van der Waals surface area (Å²) in [6.07, 6.45) is 2.00. The van der Waals surface area contributed by atoms with E-state index in [2.05, 4.69) is 36.8 Å². The fourth-order valence-corrected chi connectivity index (χ4v) is 4.55. The lowest BCUT2D eigenvalue weighted by molar-refractivity contribution is -0.149. The third-order valence-corrected chi connectivity index (χ3v) is 5.88. The molecule has 2 aromatic rings. The summed E-state index contributed by atoms with van der Waals surface area (Å²) in [5.41, 5.74) is 1.82. The van der Waals surface area contributed by atoms with E-state index in [0.717, 1.165) is 46.9 Å². The van der Waals surface area contributed by atoms with Crippen LogP contribution in [0.4, 0.5) is 0 Å². The lowest BCUT2D eigenvalue weighted by Gasteiger charge is -2.29. The second-order valence-electron chi connectivity index (χ2n) is 7.19. The molecule has 0 saturated carbocycles. The molecular weight excluding hydrogens is 400 g/mol. The summed E-state index contributed by atoms with van der Waals surface area (Å²) in [7, 11) is 0. The minimum atomic E-state index is -0.372. The number of halogens is 1. The molecule has 1 spiro atoms. The van der Waals surface area contributed by atoms with Crippen LogP contribution in [-0.4, -0.2) is 47.8 Å². The van der Waals surface area contributed by atoms with Gasteiger partial charge in [-0.05, 0) is 50.6 Å². The largest absolute Gasteiger partial charge is 0.460 e. The van der Waals surface area contributed by atoms with E-state index in [9.17, 15) is 9.59 Å². The lowest BCUT2D eigenvalue weighted by atomic mass is 9.76. The first-order chi connectivity index (χ1) is 12.5. The Bertz CT molecular complexity index is 873. The molecule has 2 saturated heterocycles. The van der Waals surface area contributed by atoms with Crippen molar-refractivity contribution in [2.75, 3.05) is 19.6 Å². The number of benzene rings is 1. The topological polar surface area (TPSA) is 96.1 Å². The van der Waals surface area contributed by atoms with Crippen molar-refractivity contribution in [3.8, 4) is 0 Å². The van der Waals surface area contributed by atoms with Crippen LogP contribution >= 0.6 is 15.9 Å². The number of aromatic nitrogens is 2. The number of fused-ring (bicyclic) bond motifs is 1. The molecule has 7 nitrogen and oxygen atoms in total. The number of hydrogen-bond donors (Lipinski definition) is 3. The van der Waals surface area contributed by atoms with Crippen LogP contribution in [-0.2, 0) is 9.53 Å². The second-order valence-corrected chi connectivity index (χ2v) is 8.10. The smallest absolute Gasteiger partial charge is 0.312 e. The Hall–Kier alpha value is -1.93. The first-order valence-corrected chi connectivity index (χ1v) is 9.62. The molecule has 2 aliphatic heterocycles. The summed E-state index contributed by atoms with van der Waals surface area (Å²) in [6.45, 7) is 3.93. The number of piperidine rings is 1. The molecule has 0 aliphatic carbocycles. The monoisotopic (exact) mass is 420 g/mol. The molecule has 0 radical (unpaired) electrons. The Labute approximate surface area is 159 Å². The number of amides is 1. The average Bonchev–Trinajstić information content (AvgIpc) is 3.16. The molecular formula is C18H21BrN4O3. The van der Waals surface area contributed by atoms with Crippen molar-refractivity contribution >= 4 is 38.7 Å². The standard InChI is InChI=1S/C18H21BrN4O3/c1-10-6-11(19)7-13-14(10)22-23-15(13)16(24)21-9-12-8-18(17(25)26-12)2-4-20-5-3-18/h6-7,12,20H,2-5,8-9H2,1H3,(H,21,24)(H,22,23). The zero-order valence-electron chi connectivity index (χ0n) is 14.5. The Balaban J connectivity index is 1.44. The SMILES string of the molecule is Cc1cc(Br)cc2c(C(=O)NCC3CC4(CCNCC4)C(=O)O3)[nH]nc12. The van der Waals surface area contributed by atoms with Gasteiger partial charge in [0.05, 0.1) is 17.5 Å². The van der Waals surface area contributed by atoms with Crippen molar-refractivity contribution in [3.05, 3.63) is 27.9 Å². The highest BCUT2D eigenvalue weighted by molar-refractivity contribution is 9.10. The van der Waals surface area contributed by atoms with E-state index in [0.29, 0.717) is 18.7 Å². The highest BCUT2D eigenvalue weighted by Gasteiger charge is 2.49. The minimum Gasteiger partial charge on any atom is -0.460 e. The molecule has 138 valence electrons. The third kappa shape index (κ3) is 3.01. The van der Waals surface area contributed by atoms with Crippen molar-refractivity contribution in [1.82, 2.24) is 20.8 Å². The number of ether oxygens (including phenoxy) is 1. The Morgan fingerprint density at radius 2 is 2.19 bits per heavy atom. The quantitative estimate of drug-likeness (QED) is 0.660. The number of aromatic amines is 1. The van der Waals surface area contributed by atoms with Crippen LogP contribution in [0.5, 0.6) is 0 Å². The van der Waals surface area contributed by atoms with Crippen molar-refractivity contribution in [1.29, 1.82) is 0 Å². The van der Waals surface area contributed by atoms with E-state index in [1.807, 2.05) is 19.1 Å². The number of nitrogens with zero attached hydrogens (tertiary/aromatic N) is 1. The molecule has 3 N–H and O–H groups in total. The van der Waals surface area contributed by atoms with E-state index in [1.165, 1.54) is 0 Å². The average molecular weight is 421 g/mol. The van der Waals surface area contributed by atoms with Gasteiger partial charge >= 0.3 is 5.97 Å². The van der Waals surface area contributed by atoms with Crippen LogP contribution in [0, 0.1) is 12.3 Å². The van der Waals surface area contributed by atoms with E-state index >= 15 is 0 Å². The Morgan fingerprint density at radius 3 is 2.96 bits per heavy atom. The molecule has 1 atom stereocenters. The fraction of sp³-hybridized carbons (Fsp3) is 0.500. The van der Waals surface area contributed by atoms with E-state index in [1.54, 1.807) is 0 Å². The van der Waals surface area contributed by atoms with Crippen LogP contribution < -0.4 is 10.6 Å². The summed E-state index contributed by atoms with van der Waals surface area (Å²) in [6, 6.07) is 3.83. The molecule has 1 amide bonds. The number of hydrogen-bond acceptors (Lipinski definition) is 5. The Kier molecular flexibility index (Phi) is 4.48. The van der Waals surface area contributed by atoms with Crippen molar-refractivity contribution in [3.63, 3.8) is 0 Å². The van der Waals surface area contributed by atoms with Crippen molar-refractivity contribution in [2.45, 2.75) is 32.3 Å². The van der Waals surface area contributed by atoms with Gasteiger partial charge in [-0.1, -0.05) is 15.9 Å². The number of nitrogens with one attached hydrogen (secondary N) is 3. The normalized spacial score (nSPS) is 21.9. The van der Waals surface area contributed by atoms with Gasteiger partial charge < -0.3 is 15.4 Å². The maximum Gasteiger partial charge on any atom is 0.312 e. The van der Waals surface area contributed by atoms with Crippen molar-refractivity contribution in [2.24, 2.45) is 5.41 Å². The second kappa shape index (κ2) is 6.66. The molecule has 8 heteroatoms. The molecule has 3 heterocycles. The molecule has 0 bridgehead atoms. The number of H-pyrrole nitrogens is 1. The van der Waals surface area contributed by atoms with Crippen LogP contribution in [0.25, 0.3) is 10.9 Å². The highest BCUT2D eigenvalue weighted by Crippen LogP contribution is 2.41. The molecule has 2 aliphatic rings. The van der Waals surface area contributed by atoms with Gasteiger partial charge in [0.15, 0.2) is 0 Å². The van der Waals surface area contributed by atoms with Crippen molar-refractivity contribution < 1.29 is 14.3 Å². The number of carbonyl (C=O) groups is 2. The molecule has 1 unspecified atom stereocenters. The van der Waals surface area contributed by atoms with Crippen LogP contribution in [0.15, 0.2) is 16.6 Å². The third-order valence-electron chi connectivity index (χ3n) is 5.42. The van der Waals surface area contributed by atoms with Crippen LogP contribution in [0.3, 0.4) is 0 Å². The van der Waals surface area contributed by atoms with Gasteiger partial charge in [-0.25, -0.2) is 0 Å². The van der Waals surface area contributed by atoms with Gasteiger partial charge in [-0.15, -0.1) is 0 Å². The number of carbonyl (C=O) groups excluding carboxylic acids is 2. The van der Waals surface area contributed by atoms with E-state index < -0.39 is 0 Å². The Morgan fingerprint density at radius 1 is 1.42 bits per heavy atom. The number of aryl methyl sites for hydroxylation is 1. The summed E-state index contributed by atoms with van der Waals surface area (Å²) >= 11 is 3.46. The molecule has 4 rings (SSSR count). The first-order valence-electron chi connectivity index (χ1n) is 8.83. The fourth-order valence-electron chi connectivity index (χ4n) is 3.98. The predicted molar refractivity (Wildman–Crippen MR) is 99.9 cm³/mol. The minimum absolute atomic E-state index is 0.121. The summed E-state index contributed by atoms with van der Waals surface area (Å²) in [4.78, 5) is 24.9. The molecule has 1 aromatic heterocycles. The summed E-state index contributed by atoms with van der Waals surface area (Å²) in [5, 5.41) is 14.0. The molecule has 26 heavy (non-hydrogen) atoms. The van der Waals surface area contributed by atoms with Gasteiger partial charge in [-0.3, -0.25) is 14.7 Å².